The predicted octanol–water partition coefficient (Wildman–Crippen LogP) is 8.36. The van der Waals surface area contributed by atoms with Crippen LogP contribution in [0, 0.1) is 0 Å². The summed E-state index contributed by atoms with van der Waals surface area (Å²) in [6.45, 7) is 4.03. The van der Waals surface area contributed by atoms with E-state index in [9.17, 15) is 9.59 Å². The number of carbonyl (C=O) groups excluding carboxylic acids is 2. The molecule has 6 nitrogen and oxygen atoms in total. The summed E-state index contributed by atoms with van der Waals surface area (Å²) >= 11 is -1.31. The van der Waals surface area contributed by atoms with Gasteiger partial charge in [0.05, 0.1) is 0 Å². The fourth-order valence-corrected chi connectivity index (χ4v) is 5.11. The molecule has 0 radical (unpaired) electrons. The molecule has 0 saturated carbocycles. The van der Waals surface area contributed by atoms with Crippen LogP contribution in [0.2, 0.25) is 0 Å². The summed E-state index contributed by atoms with van der Waals surface area (Å²) in [7, 11) is 0. The molecule has 0 saturated heterocycles. The molecule has 0 aromatic heterocycles. The fourth-order valence-electron chi connectivity index (χ4n) is 4.54. The number of hydrogen-bond donors (Lipinski definition) is 0. The van der Waals surface area contributed by atoms with Crippen molar-refractivity contribution in [1.29, 1.82) is 0 Å². The van der Waals surface area contributed by atoms with Gasteiger partial charge in [0.15, 0.2) is 0 Å². The third-order valence-electron chi connectivity index (χ3n) is 6.53. The maximum absolute atomic E-state index is 13.1. The van der Waals surface area contributed by atoms with Crippen LogP contribution in [-0.4, -0.2) is 27.8 Å². The third kappa shape index (κ3) is 8.98. The van der Waals surface area contributed by atoms with Gasteiger partial charge >= 0.3 is 249 Å². The van der Waals surface area contributed by atoms with Crippen molar-refractivity contribution >= 4 is 27.8 Å². The second kappa shape index (κ2) is 15.7. The summed E-state index contributed by atoms with van der Waals surface area (Å²) in [5.41, 5.74) is 1.60. The van der Waals surface area contributed by atoms with Gasteiger partial charge in [0, 0.05) is 0 Å². The van der Waals surface area contributed by atoms with Crippen LogP contribution in [0.4, 0.5) is 0 Å². The molecule has 0 aliphatic carbocycles. The van der Waals surface area contributed by atoms with E-state index in [0.717, 1.165) is 35.5 Å². The summed E-state index contributed by atoms with van der Waals surface area (Å²) in [6.07, 6.45) is 2.79. The summed E-state index contributed by atoms with van der Waals surface area (Å²) in [6, 6.07) is 33.9. The molecule has 0 amide bonds. The average Bonchev–Trinajstić information content (AvgIpc) is 3.00. The maximum atomic E-state index is 13.1. The van der Waals surface area contributed by atoms with Gasteiger partial charge in [-0.15, -0.1) is 0 Å². The molecule has 4 aromatic carbocycles. The molecule has 208 valence electrons. The average molecular weight is 566 g/mol. The zero-order chi connectivity index (χ0) is 28.9. The van der Waals surface area contributed by atoms with Gasteiger partial charge in [-0.25, -0.2) is 0 Å². The van der Waals surface area contributed by atoms with E-state index in [4.69, 9.17) is 17.1 Å². The predicted molar refractivity (Wildman–Crippen MR) is 159 cm³/mol. The molecule has 0 bridgehead atoms. The van der Waals surface area contributed by atoms with Gasteiger partial charge in [-0.2, -0.15) is 0 Å². The molecule has 4 aromatic rings. The van der Waals surface area contributed by atoms with E-state index in [0.29, 0.717) is 24.3 Å². The van der Waals surface area contributed by atoms with E-state index < -0.39 is 39.7 Å². The van der Waals surface area contributed by atoms with Crippen LogP contribution in [0.1, 0.15) is 62.5 Å². The minimum atomic E-state index is -1.31. The van der Waals surface area contributed by atoms with E-state index in [2.05, 4.69) is 0 Å². The quantitative estimate of drug-likeness (QED) is 0.143. The Morgan fingerprint density at radius 3 is 1.34 bits per heavy atom. The molecule has 7 heteroatoms. The summed E-state index contributed by atoms with van der Waals surface area (Å²) in [5, 5.41) is 0. The molecule has 0 fully saturated rings. The summed E-state index contributed by atoms with van der Waals surface area (Å²) < 4.78 is 23.0. The number of ether oxygens (including phenoxy) is 2. The first-order chi connectivity index (χ1) is 20.1. The van der Waals surface area contributed by atoms with Crippen LogP contribution < -0.4 is 9.47 Å². The molecule has 2 atom stereocenters. The van der Waals surface area contributed by atoms with Gasteiger partial charge in [0.2, 0.25) is 0 Å². The molecule has 41 heavy (non-hydrogen) atoms. The van der Waals surface area contributed by atoms with Crippen LogP contribution in [0.25, 0.3) is 0 Å². The summed E-state index contributed by atoms with van der Waals surface area (Å²) in [4.78, 5) is 26.2. The normalized spacial score (nSPS) is 12.0. The molecule has 2 unspecified atom stereocenters. The van der Waals surface area contributed by atoms with Gasteiger partial charge in [-0.3, -0.25) is 0 Å². The van der Waals surface area contributed by atoms with Crippen molar-refractivity contribution < 1.29 is 26.6 Å². The van der Waals surface area contributed by atoms with Crippen molar-refractivity contribution in [2.75, 3.05) is 0 Å². The Labute approximate surface area is 248 Å². The third-order valence-corrected chi connectivity index (χ3v) is 7.19. The number of carbonyl (C=O) groups is 2. The number of hydrogen-bond acceptors (Lipinski definition) is 6. The first-order valence-electron chi connectivity index (χ1n) is 14.0. The van der Waals surface area contributed by atoms with Gasteiger partial charge in [0.1, 0.15) is 0 Å². The van der Waals surface area contributed by atoms with Gasteiger partial charge in [-0.05, 0) is 0 Å². The molecule has 4 rings (SSSR count). The molecular formula is C34H34AlO6+. The monoisotopic (exact) mass is 565 g/mol. The Balaban J connectivity index is 1.37. The van der Waals surface area contributed by atoms with E-state index in [-0.39, 0.29) is 0 Å². The Morgan fingerprint density at radius 2 is 0.951 bits per heavy atom. The molecule has 0 heterocycles. The topological polar surface area (TPSA) is 71.1 Å². The van der Waals surface area contributed by atoms with Crippen LogP contribution in [0.3, 0.4) is 0 Å². The Morgan fingerprint density at radius 1 is 0.561 bits per heavy atom. The van der Waals surface area contributed by atoms with Gasteiger partial charge in [0.25, 0.3) is 0 Å². The Kier molecular flexibility index (Phi) is 11.4. The zero-order valence-electron chi connectivity index (χ0n) is 23.4. The van der Waals surface area contributed by atoms with Crippen LogP contribution in [0.15, 0.2) is 109 Å². The second-order valence-electron chi connectivity index (χ2n) is 9.63. The van der Waals surface area contributed by atoms with Crippen molar-refractivity contribution in [3.8, 4) is 23.0 Å². The van der Waals surface area contributed by atoms with E-state index in [1.807, 2.05) is 123 Å². The van der Waals surface area contributed by atoms with Gasteiger partial charge < -0.3 is 0 Å². The van der Waals surface area contributed by atoms with Crippen molar-refractivity contribution in [2.45, 2.75) is 51.4 Å². The van der Waals surface area contributed by atoms with Crippen molar-refractivity contribution in [3.05, 3.63) is 120 Å². The molecular weight excluding hydrogens is 531 g/mol. The number of rotatable bonds is 14. The summed E-state index contributed by atoms with van der Waals surface area (Å²) in [5.74, 6) is 0.939. The molecule has 0 spiro atoms. The Hall–Kier alpha value is -4.05. The van der Waals surface area contributed by atoms with Crippen molar-refractivity contribution in [2.24, 2.45) is 0 Å². The number of para-hydroxylation sites is 2. The van der Waals surface area contributed by atoms with E-state index >= 15 is 0 Å². The minimum absolute atomic E-state index is 0.406. The first kappa shape index (κ1) is 29.9. The van der Waals surface area contributed by atoms with E-state index in [1.165, 1.54) is 0 Å². The number of benzene rings is 4. The van der Waals surface area contributed by atoms with Crippen LogP contribution in [0.5, 0.6) is 23.0 Å². The van der Waals surface area contributed by atoms with Crippen LogP contribution >= 0.6 is 0 Å². The zero-order valence-corrected chi connectivity index (χ0v) is 24.6. The first-order valence-corrected chi connectivity index (χ1v) is 14.9. The Bertz CT molecular complexity index is 1290. The fraction of sp³-hybridized carbons (Fsp3) is 0.235. The van der Waals surface area contributed by atoms with Crippen molar-refractivity contribution in [1.82, 2.24) is 0 Å². The standard InChI is InChI=1S/2C17H18O3.Al/c2*1-2-7-16(17(18)19)13-8-6-11-15(12-13)20-14-9-4-3-5-10-14;/h2*3-6,8-12,16H,2,7H2,1H3,(H,18,19);/q;;+3/p-2. The van der Waals surface area contributed by atoms with E-state index in [1.54, 1.807) is 0 Å². The van der Waals surface area contributed by atoms with Gasteiger partial charge in [-0.1, -0.05) is 0 Å². The van der Waals surface area contributed by atoms with Crippen LogP contribution in [-0.2, 0) is 17.2 Å². The molecule has 0 N–H and O–H groups in total. The molecule has 0 aliphatic rings. The molecule has 0 aliphatic heterocycles. The van der Waals surface area contributed by atoms with Crippen molar-refractivity contribution in [3.63, 3.8) is 0 Å². The SMILES string of the molecule is CCCC(C(=O)[O][Al+][O]C(=O)C(CCC)c1cccc(Oc2ccccc2)c1)c1cccc(Oc2ccccc2)c1. The second-order valence-corrected chi connectivity index (χ2v) is 10.3.